The van der Waals surface area contributed by atoms with Crippen molar-refractivity contribution in [3.8, 4) is 0 Å². The van der Waals surface area contributed by atoms with Crippen molar-refractivity contribution in [2.24, 2.45) is 5.73 Å². The molecule has 0 aliphatic rings. The van der Waals surface area contributed by atoms with Gasteiger partial charge < -0.3 is 15.8 Å². The van der Waals surface area contributed by atoms with Gasteiger partial charge in [0.05, 0.1) is 6.42 Å². The number of aliphatic carboxylic acids is 1. The number of nitrogens with two attached hydrogens (primary N) is 1. The second-order valence-corrected chi connectivity index (χ2v) is 3.53. The van der Waals surface area contributed by atoms with Crippen molar-refractivity contribution < 1.29 is 9.90 Å². The highest BCUT2D eigenvalue weighted by Gasteiger charge is 2.10. The van der Waals surface area contributed by atoms with Crippen LogP contribution in [0.2, 0.25) is 0 Å². The molecule has 0 bridgehead atoms. The van der Waals surface area contributed by atoms with E-state index >= 15 is 0 Å². The number of hydrogen-bond acceptors (Lipinski definition) is 2. The smallest absolute Gasteiger partial charge is 0.305 e. The van der Waals surface area contributed by atoms with Crippen LogP contribution in [0.15, 0.2) is 30.5 Å². The second kappa shape index (κ2) is 3.74. The first-order valence-corrected chi connectivity index (χ1v) is 4.71. The van der Waals surface area contributed by atoms with Crippen molar-refractivity contribution in [2.45, 2.75) is 12.5 Å². The maximum Gasteiger partial charge on any atom is 0.305 e. The molecule has 4 nitrogen and oxygen atoms in total. The molecule has 0 aliphatic carbocycles. The molecule has 15 heavy (non-hydrogen) atoms. The van der Waals surface area contributed by atoms with Crippen molar-refractivity contribution in [2.75, 3.05) is 0 Å². The molecule has 0 saturated carbocycles. The molecule has 2 aromatic rings. The summed E-state index contributed by atoms with van der Waals surface area (Å²) in [7, 11) is 0. The van der Waals surface area contributed by atoms with E-state index in [2.05, 4.69) is 4.98 Å². The molecular formula is C11H12N2O2. The van der Waals surface area contributed by atoms with Crippen LogP contribution in [0, 0.1) is 0 Å². The van der Waals surface area contributed by atoms with E-state index < -0.39 is 12.0 Å². The van der Waals surface area contributed by atoms with Gasteiger partial charge in [0.2, 0.25) is 0 Å². The molecule has 0 aliphatic heterocycles. The highest BCUT2D eigenvalue weighted by atomic mass is 16.4. The molecule has 4 heteroatoms. The predicted octanol–water partition coefficient (Wildman–Crippen LogP) is 1.64. The molecule has 2 rings (SSSR count). The number of nitrogens with one attached hydrogen (secondary N) is 1. The van der Waals surface area contributed by atoms with Gasteiger partial charge in [-0.1, -0.05) is 6.07 Å². The maximum absolute atomic E-state index is 10.5. The van der Waals surface area contributed by atoms with Gasteiger partial charge >= 0.3 is 5.97 Å². The summed E-state index contributed by atoms with van der Waals surface area (Å²) < 4.78 is 0. The summed E-state index contributed by atoms with van der Waals surface area (Å²) in [4.78, 5) is 13.6. The predicted molar refractivity (Wildman–Crippen MR) is 57.5 cm³/mol. The number of H-pyrrole nitrogens is 1. The molecule has 0 saturated heterocycles. The fraction of sp³-hybridized carbons (Fsp3) is 0.182. The summed E-state index contributed by atoms with van der Waals surface area (Å²) in [5.74, 6) is -0.878. The lowest BCUT2D eigenvalue weighted by atomic mass is 10.0. The van der Waals surface area contributed by atoms with Crippen LogP contribution < -0.4 is 5.73 Å². The summed E-state index contributed by atoms with van der Waals surface area (Å²) >= 11 is 0. The Morgan fingerprint density at radius 2 is 2.27 bits per heavy atom. The zero-order valence-corrected chi connectivity index (χ0v) is 8.10. The molecule has 0 unspecified atom stereocenters. The number of rotatable bonds is 3. The Labute approximate surface area is 86.7 Å². The number of carbonyl (C=O) groups is 1. The van der Waals surface area contributed by atoms with Gasteiger partial charge in [-0.25, -0.2) is 0 Å². The van der Waals surface area contributed by atoms with Gasteiger partial charge in [-0.2, -0.15) is 0 Å². The number of carboxylic acid groups (broad SMARTS) is 1. The van der Waals surface area contributed by atoms with E-state index in [0.29, 0.717) is 0 Å². The number of aromatic amines is 1. The molecule has 1 atom stereocenters. The molecule has 0 fully saturated rings. The van der Waals surface area contributed by atoms with Gasteiger partial charge in [0.1, 0.15) is 0 Å². The first-order chi connectivity index (χ1) is 7.16. The zero-order chi connectivity index (χ0) is 10.8. The first-order valence-electron chi connectivity index (χ1n) is 4.71. The standard InChI is InChI=1S/C11H12N2O2/c12-9(6-11(14)15)7-1-2-10-8(5-7)3-4-13-10/h1-5,9,13H,6,12H2,(H,14,15)/t9-/m1/s1. The molecule has 0 radical (unpaired) electrons. The van der Waals surface area contributed by atoms with Gasteiger partial charge in [-0.15, -0.1) is 0 Å². The van der Waals surface area contributed by atoms with E-state index in [1.54, 1.807) is 0 Å². The third kappa shape index (κ3) is 1.99. The van der Waals surface area contributed by atoms with Crippen LogP contribution in [-0.4, -0.2) is 16.1 Å². The summed E-state index contributed by atoms with van der Waals surface area (Å²) in [6.07, 6.45) is 1.80. The van der Waals surface area contributed by atoms with Gasteiger partial charge in [-0.05, 0) is 29.1 Å². The van der Waals surface area contributed by atoms with E-state index in [1.807, 2.05) is 30.5 Å². The average molecular weight is 204 g/mol. The summed E-state index contributed by atoms with van der Waals surface area (Å²) in [6, 6.07) is 7.17. The van der Waals surface area contributed by atoms with Crippen LogP contribution in [0.4, 0.5) is 0 Å². The lowest BCUT2D eigenvalue weighted by Crippen LogP contribution is -2.14. The van der Waals surface area contributed by atoms with Crippen LogP contribution in [0.3, 0.4) is 0 Å². The van der Waals surface area contributed by atoms with Gasteiger partial charge in [-0.3, -0.25) is 4.79 Å². The summed E-state index contributed by atoms with van der Waals surface area (Å²) in [5, 5.41) is 9.68. The van der Waals surface area contributed by atoms with Crippen molar-refractivity contribution in [1.29, 1.82) is 0 Å². The van der Waals surface area contributed by atoms with Crippen LogP contribution >= 0.6 is 0 Å². The highest BCUT2D eigenvalue weighted by Crippen LogP contribution is 2.20. The molecule has 0 amide bonds. The fourth-order valence-corrected chi connectivity index (χ4v) is 1.61. The lowest BCUT2D eigenvalue weighted by Gasteiger charge is -2.08. The molecule has 4 N–H and O–H groups in total. The van der Waals surface area contributed by atoms with Crippen molar-refractivity contribution in [1.82, 2.24) is 4.98 Å². The number of fused-ring (bicyclic) bond motifs is 1. The number of benzene rings is 1. The Balaban J connectivity index is 2.30. The van der Waals surface area contributed by atoms with E-state index in [9.17, 15) is 4.79 Å². The quantitative estimate of drug-likeness (QED) is 0.711. The number of aromatic nitrogens is 1. The Morgan fingerprint density at radius 1 is 1.47 bits per heavy atom. The average Bonchev–Trinajstić information content (AvgIpc) is 2.62. The fourth-order valence-electron chi connectivity index (χ4n) is 1.61. The molecule has 0 spiro atoms. The minimum absolute atomic E-state index is 0.0457. The molecule has 78 valence electrons. The van der Waals surface area contributed by atoms with E-state index in [4.69, 9.17) is 10.8 Å². The van der Waals surface area contributed by atoms with Crippen molar-refractivity contribution in [3.63, 3.8) is 0 Å². The SMILES string of the molecule is N[C@H](CC(=O)O)c1ccc2[nH]ccc2c1. The number of carboxylic acids is 1. The Morgan fingerprint density at radius 3 is 3.00 bits per heavy atom. The minimum Gasteiger partial charge on any atom is -0.481 e. The molecular weight excluding hydrogens is 192 g/mol. The largest absolute Gasteiger partial charge is 0.481 e. The van der Waals surface area contributed by atoms with Gasteiger partial charge in [0, 0.05) is 17.8 Å². The molecule has 1 heterocycles. The second-order valence-electron chi connectivity index (χ2n) is 3.53. The van der Waals surface area contributed by atoms with E-state index in [0.717, 1.165) is 16.5 Å². The highest BCUT2D eigenvalue weighted by molar-refractivity contribution is 5.80. The van der Waals surface area contributed by atoms with E-state index in [-0.39, 0.29) is 6.42 Å². The van der Waals surface area contributed by atoms with Gasteiger partial charge in [0.25, 0.3) is 0 Å². The topological polar surface area (TPSA) is 79.1 Å². The zero-order valence-electron chi connectivity index (χ0n) is 8.10. The third-order valence-corrected chi connectivity index (χ3v) is 2.40. The molecule has 1 aromatic carbocycles. The summed E-state index contributed by atoms with van der Waals surface area (Å²) in [5.41, 5.74) is 7.65. The van der Waals surface area contributed by atoms with Crippen LogP contribution in [0.1, 0.15) is 18.0 Å². The first kappa shape index (κ1) is 9.73. The monoisotopic (exact) mass is 204 g/mol. The van der Waals surface area contributed by atoms with Gasteiger partial charge in [0.15, 0.2) is 0 Å². The Hall–Kier alpha value is -1.81. The van der Waals surface area contributed by atoms with Crippen molar-refractivity contribution >= 4 is 16.9 Å². The molecule has 1 aromatic heterocycles. The van der Waals surface area contributed by atoms with E-state index in [1.165, 1.54) is 0 Å². The normalized spacial score (nSPS) is 12.9. The lowest BCUT2D eigenvalue weighted by molar-refractivity contribution is -0.137. The number of hydrogen-bond donors (Lipinski definition) is 3. The van der Waals surface area contributed by atoms with Crippen LogP contribution in [0.5, 0.6) is 0 Å². The van der Waals surface area contributed by atoms with Crippen molar-refractivity contribution in [3.05, 3.63) is 36.0 Å². The Kier molecular flexibility index (Phi) is 2.43. The Bertz CT molecular complexity index is 490. The minimum atomic E-state index is -0.878. The maximum atomic E-state index is 10.5. The third-order valence-electron chi connectivity index (χ3n) is 2.40. The van der Waals surface area contributed by atoms with Crippen LogP contribution in [-0.2, 0) is 4.79 Å². The summed E-state index contributed by atoms with van der Waals surface area (Å²) in [6.45, 7) is 0. The van der Waals surface area contributed by atoms with Crippen LogP contribution in [0.25, 0.3) is 10.9 Å².